The van der Waals surface area contributed by atoms with Crippen molar-refractivity contribution in [3.8, 4) is 0 Å². The zero-order chi connectivity index (χ0) is 14.9. The molecule has 0 aliphatic rings. The van der Waals surface area contributed by atoms with Crippen LogP contribution in [0.25, 0.3) is 10.8 Å². The summed E-state index contributed by atoms with van der Waals surface area (Å²) in [4.78, 5) is 4.30. The summed E-state index contributed by atoms with van der Waals surface area (Å²) in [6, 6.07) is 14.5. The van der Waals surface area contributed by atoms with Crippen LogP contribution in [0.5, 0.6) is 0 Å². The number of aromatic nitrogens is 1. The molecule has 0 amide bonds. The Bertz CT molecular complexity index is 780. The molecule has 0 spiro atoms. The Kier molecular flexibility index (Phi) is 3.43. The third-order valence-electron chi connectivity index (χ3n) is 4.05. The van der Waals surface area contributed by atoms with Crippen molar-refractivity contribution in [2.24, 2.45) is 5.73 Å². The lowest BCUT2D eigenvalue weighted by molar-refractivity contribution is 0.515. The zero-order valence-corrected chi connectivity index (χ0v) is 11.9. The minimum Gasteiger partial charge on any atom is -0.318 e. The van der Waals surface area contributed by atoms with Crippen molar-refractivity contribution in [1.82, 2.24) is 4.98 Å². The Balaban J connectivity index is 2.27. The largest absolute Gasteiger partial charge is 0.318 e. The average Bonchev–Trinajstić information content (AvgIpc) is 2.53. The maximum Gasteiger partial charge on any atom is 0.123 e. The van der Waals surface area contributed by atoms with Crippen molar-refractivity contribution in [1.29, 1.82) is 0 Å². The van der Waals surface area contributed by atoms with Crippen LogP contribution in [0.1, 0.15) is 24.5 Å². The Labute approximate surface area is 123 Å². The van der Waals surface area contributed by atoms with Crippen molar-refractivity contribution < 1.29 is 4.39 Å². The van der Waals surface area contributed by atoms with Gasteiger partial charge in [0.1, 0.15) is 5.82 Å². The molecule has 1 unspecified atom stereocenters. The van der Waals surface area contributed by atoms with E-state index in [1.807, 2.05) is 43.5 Å². The second kappa shape index (κ2) is 5.26. The Morgan fingerprint density at radius 1 is 1.10 bits per heavy atom. The molecule has 3 aromatic rings. The highest BCUT2D eigenvalue weighted by Gasteiger charge is 2.30. The SMILES string of the molecule is CCC(N)(c1cccc(F)c1)c1cncc2ccccc12. The fourth-order valence-electron chi connectivity index (χ4n) is 2.79. The molecule has 1 aromatic heterocycles. The monoisotopic (exact) mass is 280 g/mol. The van der Waals surface area contributed by atoms with Gasteiger partial charge in [0.25, 0.3) is 0 Å². The standard InChI is InChI=1S/C18H17FN2/c1-2-18(20,14-7-5-8-15(19)10-14)17-12-21-11-13-6-3-4-9-16(13)17/h3-12H,2,20H2,1H3. The highest BCUT2D eigenvalue weighted by molar-refractivity contribution is 5.86. The van der Waals surface area contributed by atoms with Crippen molar-refractivity contribution in [2.75, 3.05) is 0 Å². The number of fused-ring (bicyclic) bond motifs is 1. The van der Waals surface area contributed by atoms with Gasteiger partial charge < -0.3 is 5.73 Å². The molecule has 2 nitrogen and oxygen atoms in total. The van der Waals surface area contributed by atoms with Gasteiger partial charge in [-0.3, -0.25) is 4.98 Å². The molecular formula is C18H17FN2. The van der Waals surface area contributed by atoms with E-state index in [9.17, 15) is 4.39 Å². The van der Waals surface area contributed by atoms with Gasteiger partial charge in [-0.15, -0.1) is 0 Å². The van der Waals surface area contributed by atoms with E-state index in [2.05, 4.69) is 4.98 Å². The first-order chi connectivity index (χ1) is 10.1. The van der Waals surface area contributed by atoms with Crippen LogP contribution in [-0.4, -0.2) is 4.98 Å². The number of nitrogens with two attached hydrogens (primary N) is 1. The second-order valence-corrected chi connectivity index (χ2v) is 5.24. The summed E-state index contributed by atoms with van der Waals surface area (Å²) in [5.41, 5.74) is 7.61. The predicted octanol–water partition coefficient (Wildman–Crippen LogP) is 3.99. The van der Waals surface area contributed by atoms with E-state index >= 15 is 0 Å². The van der Waals surface area contributed by atoms with Crippen LogP contribution in [0.4, 0.5) is 4.39 Å². The number of pyridine rings is 1. The van der Waals surface area contributed by atoms with Gasteiger partial charge >= 0.3 is 0 Å². The van der Waals surface area contributed by atoms with Gasteiger partial charge in [-0.05, 0) is 29.5 Å². The van der Waals surface area contributed by atoms with E-state index in [-0.39, 0.29) is 5.82 Å². The third kappa shape index (κ3) is 2.30. The summed E-state index contributed by atoms with van der Waals surface area (Å²) in [7, 11) is 0. The number of nitrogens with zero attached hydrogens (tertiary/aromatic N) is 1. The molecule has 21 heavy (non-hydrogen) atoms. The Hall–Kier alpha value is -2.26. The molecule has 0 fully saturated rings. The average molecular weight is 280 g/mol. The third-order valence-corrected chi connectivity index (χ3v) is 4.05. The van der Waals surface area contributed by atoms with Crippen molar-refractivity contribution in [2.45, 2.75) is 18.9 Å². The van der Waals surface area contributed by atoms with Crippen molar-refractivity contribution in [3.63, 3.8) is 0 Å². The zero-order valence-electron chi connectivity index (χ0n) is 11.9. The lowest BCUT2D eigenvalue weighted by Gasteiger charge is -2.30. The molecule has 2 N–H and O–H groups in total. The molecule has 106 valence electrons. The molecule has 2 aromatic carbocycles. The van der Waals surface area contributed by atoms with Gasteiger partial charge in [0, 0.05) is 23.3 Å². The fourth-order valence-corrected chi connectivity index (χ4v) is 2.79. The number of benzene rings is 2. The van der Waals surface area contributed by atoms with E-state index in [1.165, 1.54) is 12.1 Å². The second-order valence-electron chi connectivity index (χ2n) is 5.24. The number of hydrogen-bond donors (Lipinski definition) is 1. The van der Waals surface area contributed by atoms with Gasteiger partial charge in [0.2, 0.25) is 0 Å². The molecule has 0 saturated heterocycles. The van der Waals surface area contributed by atoms with E-state index < -0.39 is 5.54 Å². The summed E-state index contributed by atoms with van der Waals surface area (Å²) >= 11 is 0. The van der Waals surface area contributed by atoms with E-state index in [1.54, 1.807) is 12.3 Å². The van der Waals surface area contributed by atoms with Crippen LogP contribution in [-0.2, 0) is 5.54 Å². The highest BCUT2D eigenvalue weighted by atomic mass is 19.1. The Morgan fingerprint density at radius 3 is 2.67 bits per heavy atom. The number of hydrogen-bond acceptors (Lipinski definition) is 2. The van der Waals surface area contributed by atoms with Crippen LogP contribution >= 0.6 is 0 Å². The van der Waals surface area contributed by atoms with Crippen LogP contribution < -0.4 is 5.73 Å². The smallest absolute Gasteiger partial charge is 0.123 e. The van der Waals surface area contributed by atoms with Gasteiger partial charge in [-0.2, -0.15) is 0 Å². The molecule has 3 heteroatoms. The fraction of sp³-hybridized carbons (Fsp3) is 0.167. The van der Waals surface area contributed by atoms with Gasteiger partial charge in [-0.25, -0.2) is 4.39 Å². The first-order valence-electron chi connectivity index (χ1n) is 7.03. The van der Waals surface area contributed by atoms with E-state index in [0.717, 1.165) is 21.9 Å². The van der Waals surface area contributed by atoms with Crippen molar-refractivity contribution in [3.05, 3.63) is 77.9 Å². The maximum absolute atomic E-state index is 13.6. The summed E-state index contributed by atoms with van der Waals surface area (Å²) < 4.78 is 13.6. The summed E-state index contributed by atoms with van der Waals surface area (Å²) in [5.74, 6) is -0.274. The minimum atomic E-state index is -0.754. The summed E-state index contributed by atoms with van der Waals surface area (Å²) in [6.07, 6.45) is 4.27. The summed E-state index contributed by atoms with van der Waals surface area (Å²) in [5, 5.41) is 2.09. The number of halogens is 1. The molecular weight excluding hydrogens is 263 g/mol. The Morgan fingerprint density at radius 2 is 1.90 bits per heavy atom. The highest BCUT2D eigenvalue weighted by Crippen LogP contribution is 2.34. The molecule has 0 bridgehead atoms. The van der Waals surface area contributed by atoms with Crippen LogP contribution in [0, 0.1) is 5.82 Å². The maximum atomic E-state index is 13.6. The lowest BCUT2D eigenvalue weighted by Crippen LogP contribution is -2.37. The predicted molar refractivity (Wildman–Crippen MR) is 83.4 cm³/mol. The molecule has 0 aliphatic heterocycles. The molecule has 1 heterocycles. The van der Waals surface area contributed by atoms with Crippen LogP contribution in [0.15, 0.2) is 60.9 Å². The van der Waals surface area contributed by atoms with E-state index in [4.69, 9.17) is 5.73 Å². The van der Waals surface area contributed by atoms with Crippen molar-refractivity contribution >= 4 is 10.8 Å². The summed E-state index contributed by atoms with van der Waals surface area (Å²) in [6.45, 7) is 2.01. The first-order valence-corrected chi connectivity index (χ1v) is 7.03. The van der Waals surface area contributed by atoms with Crippen LogP contribution in [0.2, 0.25) is 0 Å². The molecule has 0 aliphatic carbocycles. The van der Waals surface area contributed by atoms with Gasteiger partial charge in [0.15, 0.2) is 0 Å². The topological polar surface area (TPSA) is 38.9 Å². The normalized spacial score (nSPS) is 14.0. The molecule has 0 saturated carbocycles. The lowest BCUT2D eigenvalue weighted by atomic mass is 9.80. The van der Waals surface area contributed by atoms with E-state index in [0.29, 0.717) is 6.42 Å². The van der Waals surface area contributed by atoms with Gasteiger partial charge in [-0.1, -0.05) is 43.3 Å². The minimum absolute atomic E-state index is 0.274. The molecule has 0 radical (unpaired) electrons. The molecule has 1 atom stereocenters. The molecule has 3 rings (SSSR count). The quantitative estimate of drug-likeness (QED) is 0.788. The van der Waals surface area contributed by atoms with Crippen LogP contribution in [0.3, 0.4) is 0 Å². The first kappa shape index (κ1) is 13.7. The van der Waals surface area contributed by atoms with Gasteiger partial charge in [0.05, 0.1) is 5.54 Å². The number of rotatable bonds is 3.